The van der Waals surface area contributed by atoms with Crippen molar-refractivity contribution in [3.63, 3.8) is 0 Å². The summed E-state index contributed by atoms with van der Waals surface area (Å²) in [6, 6.07) is 24.3. The molecule has 0 bridgehead atoms. The third-order valence-electron chi connectivity index (χ3n) is 3.69. The van der Waals surface area contributed by atoms with Crippen LogP contribution in [-0.4, -0.2) is 10.8 Å². The fourth-order valence-corrected chi connectivity index (χ4v) is 3.21. The van der Waals surface area contributed by atoms with Gasteiger partial charge in [-0.1, -0.05) is 66.7 Å². The molecule has 0 aliphatic rings. The van der Waals surface area contributed by atoms with Crippen molar-refractivity contribution in [2.24, 2.45) is 0 Å². The van der Waals surface area contributed by atoms with Crippen LogP contribution in [0.15, 0.2) is 78.2 Å². The van der Waals surface area contributed by atoms with E-state index < -0.39 is 0 Å². The molecule has 0 fully saturated rings. The number of benzene rings is 2. The van der Waals surface area contributed by atoms with Crippen molar-refractivity contribution in [3.05, 3.63) is 94.2 Å². The van der Waals surface area contributed by atoms with Crippen LogP contribution in [0, 0.1) is 0 Å². The van der Waals surface area contributed by atoms with Crippen molar-refractivity contribution in [2.45, 2.75) is 19.5 Å². The van der Waals surface area contributed by atoms with E-state index >= 15 is 0 Å². The summed E-state index contributed by atoms with van der Waals surface area (Å²) in [5.41, 5.74) is 2.31. The molecule has 0 N–H and O–H groups in total. The Bertz CT molecular complexity index is 681. The molecule has 0 atom stereocenters. The van der Waals surface area contributed by atoms with Crippen LogP contribution in [0.1, 0.15) is 16.0 Å². The third-order valence-corrected chi connectivity index (χ3v) is 4.57. The van der Waals surface area contributed by atoms with E-state index in [9.17, 15) is 4.79 Å². The first-order valence-corrected chi connectivity index (χ1v) is 8.57. The number of rotatable bonds is 6. The lowest BCUT2D eigenvalue weighted by Gasteiger charge is -2.23. The average molecular weight is 321 g/mol. The molecule has 0 radical (unpaired) electrons. The molecule has 0 spiro atoms. The van der Waals surface area contributed by atoms with Gasteiger partial charge in [-0.15, -0.1) is 11.3 Å². The van der Waals surface area contributed by atoms with Crippen molar-refractivity contribution < 1.29 is 4.79 Å². The van der Waals surface area contributed by atoms with E-state index in [1.807, 2.05) is 58.8 Å². The smallest absolute Gasteiger partial charge is 0.228 e. The zero-order chi connectivity index (χ0) is 15.9. The van der Waals surface area contributed by atoms with Crippen molar-refractivity contribution >= 4 is 17.2 Å². The molecular weight excluding hydrogens is 302 g/mol. The van der Waals surface area contributed by atoms with Crippen LogP contribution in [0.3, 0.4) is 0 Å². The van der Waals surface area contributed by atoms with Gasteiger partial charge in [0.15, 0.2) is 0 Å². The summed E-state index contributed by atoms with van der Waals surface area (Å²) in [7, 11) is 0. The second-order valence-electron chi connectivity index (χ2n) is 5.48. The van der Waals surface area contributed by atoms with Gasteiger partial charge in [0, 0.05) is 18.0 Å². The topological polar surface area (TPSA) is 20.3 Å². The van der Waals surface area contributed by atoms with E-state index in [1.165, 1.54) is 0 Å². The standard InChI is InChI=1S/C20H19NOS/c22-20(14-19-12-7-13-23-19)21(15-17-8-3-1-4-9-17)16-18-10-5-2-6-11-18/h1-13H,14-16H2. The summed E-state index contributed by atoms with van der Waals surface area (Å²) in [6.45, 7) is 1.28. The first-order chi connectivity index (χ1) is 11.3. The van der Waals surface area contributed by atoms with E-state index in [1.54, 1.807) is 11.3 Å². The molecule has 116 valence electrons. The number of carbonyl (C=O) groups is 1. The van der Waals surface area contributed by atoms with Crippen LogP contribution < -0.4 is 0 Å². The quantitative estimate of drug-likeness (QED) is 0.653. The fourth-order valence-electron chi connectivity index (χ4n) is 2.51. The van der Waals surface area contributed by atoms with E-state index in [0.29, 0.717) is 19.5 Å². The van der Waals surface area contributed by atoms with Crippen LogP contribution in [0.4, 0.5) is 0 Å². The predicted octanol–water partition coefficient (Wildman–Crippen LogP) is 4.52. The molecule has 0 saturated carbocycles. The van der Waals surface area contributed by atoms with Crippen LogP contribution in [0.5, 0.6) is 0 Å². The number of hydrogen-bond donors (Lipinski definition) is 0. The number of amides is 1. The van der Waals surface area contributed by atoms with Crippen LogP contribution >= 0.6 is 11.3 Å². The minimum absolute atomic E-state index is 0.167. The highest BCUT2D eigenvalue weighted by Gasteiger charge is 2.15. The molecule has 3 heteroatoms. The van der Waals surface area contributed by atoms with E-state index in [0.717, 1.165) is 16.0 Å². The summed E-state index contributed by atoms with van der Waals surface area (Å²) >= 11 is 1.63. The Kier molecular flexibility index (Phi) is 5.22. The molecule has 1 heterocycles. The van der Waals surface area contributed by atoms with Crippen molar-refractivity contribution in [2.75, 3.05) is 0 Å². The molecule has 0 aliphatic carbocycles. The normalized spacial score (nSPS) is 10.4. The molecule has 0 saturated heterocycles. The number of thiophene rings is 1. The predicted molar refractivity (Wildman–Crippen MR) is 95.2 cm³/mol. The molecule has 2 nitrogen and oxygen atoms in total. The number of hydrogen-bond acceptors (Lipinski definition) is 2. The monoisotopic (exact) mass is 321 g/mol. The van der Waals surface area contributed by atoms with Crippen LogP contribution in [-0.2, 0) is 24.3 Å². The van der Waals surface area contributed by atoms with Gasteiger partial charge in [-0.3, -0.25) is 4.79 Å². The summed E-state index contributed by atoms with van der Waals surface area (Å²) < 4.78 is 0. The van der Waals surface area contributed by atoms with Crippen molar-refractivity contribution in [1.82, 2.24) is 4.90 Å². The Morgan fingerprint density at radius 2 is 1.35 bits per heavy atom. The van der Waals surface area contributed by atoms with Gasteiger partial charge in [0.25, 0.3) is 0 Å². The Hall–Kier alpha value is -2.39. The van der Waals surface area contributed by atoms with Gasteiger partial charge in [-0.25, -0.2) is 0 Å². The minimum Gasteiger partial charge on any atom is -0.334 e. The molecule has 0 unspecified atom stereocenters. The highest BCUT2D eigenvalue weighted by Crippen LogP contribution is 2.15. The fraction of sp³-hybridized carbons (Fsp3) is 0.150. The lowest BCUT2D eigenvalue weighted by molar-refractivity contribution is -0.131. The molecule has 1 aromatic heterocycles. The zero-order valence-corrected chi connectivity index (χ0v) is 13.7. The maximum atomic E-state index is 12.8. The van der Waals surface area contributed by atoms with E-state index in [4.69, 9.17) is 0 Å². The van der Waals surface area contributed by atoms with Gasteiger partial charge in [0.05, 0.1) is 6.42 Å². The first-order valence-electron chi connectivity index (χ1n) is 7.69. The van der Waals surface area contributed by atoms with Crippen LogP contribution in [0.25, 0.3) is 0 Å². The lowest BCUT2D eigenvalue weighted by Crippen LogP contribution is -2.31. The second-order valence-corrected chi connectivity index (χ2v) is 6.51. The highest BCUT2D eigenvalue weighted by atomic mass is 32.1. The zero-order valence-electron chi connectivity index (χ0n) is 12.9. The summed E-state index contributed by atoms with van der Waals surface area (Å²) in [4.78, 5) is 15.8. The van der Waals surface area contributed by atoms with Crippen LogP contribution in [0.2, 0.25) is 0 Å². The molecule has 2 aromatic carbocycles. The largest absolute Gasteiger partial charge is 0.334 e. The van der Waals surface area contributed by atoms with Crippen molar-refractivity contribution in [3.8, 4) is 0 Å². The van der Waals surface area contributed by atoms with Gasteiger partial charge in [-0.05, 0) is 22.6 Å². The van der Waals surface area contributed by atoms with Gasteiger partial charge in [0.2, 0.25) is 5.91 Å². The average Bonchev–Trinajstić information content (AvgIpc) is 3.09. The summed E-state index contributed by atoms with van der Waals surface area (Å²) in [5.74, 6) is 0.167. The molecule has 0 aliphatic heterocycles. The number of carbonyl (C=O) groups excluding carboxylic acids is 1. The molecule has 3 aromatic rings. The Morgan fingerprint density at radius 3 is 1.83 bits per heavy atom. The van der Waals surface area contributed by atoms with E-state index in [-0.39, 0.29) is 5.91 Å². The van der Waals surface area contributed by atoms with Crippen molar-refractivity contribution in [1.29, 1.82) is 0 Å². The maximum Gasteiger partial charge on any atom is 0.228 e. The van der Waals surface area contributed by atoms with Gasteiger partial charge < -0.3 is 4.90 Å². The maximum absolute atomic E-state index is 12.8. The summed E-state index contributed by atoms with van der Waals surface area (Å²) in [6.07, 6.45) is 0.470. The Balaban J connectivity index is 1.76. The van der Waals surface area contributed by atoms with Gasteiger partial charge >= 0.3 is 0 Å². The first kappa shape index (κ1) is 15.5. The van der Waals surface area contributed by atoms with Gasteiger partial charge in [-0.2, -0.15) is 0 Å². The second kappa shape index (κ2) is 7.75. The number of nitrogens with zero attached hydrogens (tertiary/aromatic N) is 1. The minimum atomic E-state index is 0.167. The van der Waals surface area contributed by atoms with Gasteiger partial charge in [0.1, 0.15) is 0 Å². The highest BCUT2D eigenvalue weighted by molar-refractivity contribution is 7.10. The third kappa shape index (κ3) is 4.54. The molecule has 3 rings (SSSR count). The van der Waals surface area contributed by atoms with E-state index in [2.05, 4.69) is 24.3 Å². The SMILES string of the molecule is O=C(Cc1cccs1)N(Cc1ccccc1)Cc1ccccc1. The molecule has 1 amide bonds. The molecule has 23 heavy (non-hydrogen) atoms. The Morgan fingerprint density at radius 1 is 0.783 bits per heavy atom. The molecular formula is C20H19NOS. The lowest BCUT2D eigenvalue weighted by atomic mass is 10.1. The summed E-state index contributed by atoms with van der Waals surface area (Å²) in [5, 5.41) is 2.02. The Labute approximate surface area is 141 Å².